The smallest absolute Gasteiger partial charge is 0.256 e. The summed E-state index contributed by atoms with van der Waals surface area (Å²) in [5.41, 5.74) is 2.23. The first-order chi connectivity index (χ1) is 11.1. The number of carbonyl (C=O) groups excluding carboxylic acids is 1. The molecule has 0 aliphatic carbocycles. The maximum absolute atomic E-state index is 13.3. The van der Waals surface area contributed by atoms with E-state index >= 15 is 0 Å². The van der Waals surface area contributed by atoms with Crippen molar-refractivity contribution >= 4 is 51.0 Å². The lowest BCUT2D eigenvalue weighted by atomic mass is 10.2. The third kappa shape index (κ3) is 4.31. The third-order valence-electron chi connectivity index (χ3n) is 3.42. The molecule has 1 heterocycles. The van der Waals surface area contributed by atoms with Crippen LogP contribution in [0.25, 0.3) is 0 Å². The van der Waals surface area contributed by atoms with Crippen molar-refractivity contribution in [2.24, 2.45) is 0 Å². The van der Waals surface area contributed by atoms with Gasteiger partial charge >= 0.3 is 0 Å². The Kier molecular flexibility index (Phi) is 5.67. The molecule has 0 bridgehead atoms. The number of anilines is 1. The van der Waals surface area contributed by atoms with Crippen LogP contribution in [0.2, 0.25) is 0 Å². The normalized spacial score (nSPS) is 15.4. The van der Waals surface area contributed by atoms with Crippen LogP contribution in [0, 0.1) is 5.82 Å². The first kappa shape index (κ1) is 16.9. The molecule has 1 aliphatic rings. The van der Waals surface area contributed by atoms with Gasteiger partial charge < -0.3 is 5.32 Å². The number of thioether (sulfide) groups is 2. The summed E-state index contributed by atoms with van der Waals surface area (Å²) >= 11 is 7.16. The second-order valence-corrected chi connectivity index (χ2v) is 8.71. The third-order valence-corrected chi connectivity index (χ3v) is 7.12. The van der Waals surface area contributed by atoms with Crippen LogP contribution >= 0.6 is 39.5 Å². The van der Waals surface area contributed by atoms with Gasteiger partial charge in [0.25, 0.3) is 5.91 Å². The van der Waals surface area contributed by atoms with Crippen molar-refractivity contribution in [3.8, 4) is 0 Å². The Morgan fingerprint density at radius 1 is 1.17 bits per heavy atom. The van der Waals surface area contributed by atoms with E-state index in [9.17, 15) is 9.18 Å². The average molecular weight is 412 g/mol. The highest BCUT2D eigenvalue weighted by molar-refractivity contribution is 9.10. The Balaban J connectivity index is 1.77. The van der Waals surface area contributed by atoms with Gasteiger partial charge in [0.15, 0.2) is 0 Å². The first-order valence-electron chi connectivity index (χ1n) is 7.23. The van der Waals surface area contributed by atoms with Gasteiger partial charge in [0.1, 0.15) is 5.82 Å². The van der Waals surface area contributed by atoms with Crippen LogP contribution in [0.3, 0.4) is 0 Å². The minimum absolute atomic E-state index is 0.289. The van der Waals surface area contributed by atoms with Crippen LogP contribution in [-0.4, -0.2) is 17.4 Å². The van der Waals surface area contributed by atoms with Gasteiger partial charge in [-0.2, -0.15) is 0 Å². The topological polar surface area (TPSA) is 29.1 Å². The molecule has 0 aromatic heterocycles. The van der Waals surface area contributed by atoms with Crippen molar-refractivity contribution in [1.29, 1.82) is 0 Å². The lowest BCUT2D eigenvalue weighted by molar-refractivity contribution is 0.102. The number of rotatable bonds is 3. The quantitative estimate of drug-likeness (QED) is 0.700. The Labute approximate surface area is 151 Å². The lowest BCUT2D eigenvalue weighted by Crippen LogP contribution is -2.13. The summed E-state index contributed by atoms with van der Waals surface area (Å²) in [6, 6.07) is 12.0. The summed E-state index contributed by atoms with van der Waals surface area (Å²) in [5, 5.41) is 2.85. The molecule has 0 saturated carbocycles. The standard InChI is InChI=1S/C17H15BrFNOS2/c18-15-6-5-12(19)10-14(15)16(21)20-13-4-1-3-11(9-13)17-22-7-2-8-23-17/h1,3-6,9-10,17H,2,7-8H2,(H,20,21). The molecule has 2 aromatic carbocycles. The summed E-state index contributed by atoms with van der Waals surface area (Å²) in [6.07, 6.45) is 1.25. The van der Waals surface area contributed by atoms with E-state index in [-0.39, 0.29) is 11.5 Å². The molecular weight excluding hydrogens is 397 g/mol. The van der Waals surface area contributed by atoms with E-state index in [2.05, 4.69) is 27.3 Å². The Hall–Kier alpha value is -0.980. The van der Waals surface area contributed by atoms with Gasteiger partial charge in [-0.3, -0.25) is 4.79 Å². The molecule has 0 spiro atoms. The molecule has 1 aliphatic heterocycles. The minimum atomic E-state index is -0.429. The number of carbonyl (C=O) groups is 1. The maximum Gasteiger partial charge on any atom is 0.256 e. The van der Waals surface area contributed by atoms with Gasteiger partial charge in [0.2, 0.25) is 0 Å². The van der Waals surface area contributed by atoms with Crippen molar-refractivity contribution in [3.63, 3.8) is 0 Å². The number of hydrogen-bond acceptors (Lipinski definition) is 3. The van der Waals surface area contributed by atoms with Crippen LogP contribution in [0.5, 0.6) is 0 Å². The van der Waals surface area contributed by atoms with E-state index in [1.807, 2.05) is 41.7 Å². The lowest BCUT2D eigenvalue weighted by Gasteiger charge is -2.21. The molecular formula is C17H15BrFNOS2. The van der Waals surface area contributed by atoms with Gasteiger partial charge in [-0.25, -0.2) is 4.39 Å². The van der Waals surface area contributed by atoms with Crippen molar-refractivity contribution in [2.75, 3.05) is 16.8 Å². The van der Waals surface area contributed by atoms with Crippen molar-refractivity contribution in [3.05, 3.63) is 63.9 Å². The summed E-state index contributed by atoms with van der Waals surface area (Å²) in [7, 11) is 0. The highest BCUT2D eigenvalue weighted by Gasteiger charge is 2.17. The van der Waals surface area contributed by atoms with Crippen LogP contribution in [-0.2, 0) is 0 Å². The molecule has 120 valence electrons. The fourth-order valence-corrected chi connectivity index (χ4v) is 5.61. The van der Waals surface area contributed by atoms with Crippen molar-refractivity contribution in [1.82, 2.24) is 0 Å². The van der Waals surface area contributed by atoms with E-state index in [0.717, 1.165) is 5.69 Å². The highest BCUT2D eigenvalue weighted by Crippen LogP contribution is 2.44. The van der Waals surface area contributed by atoms with Crippen LogP contribution < -0.4 is 5.32 Å². The van der Waals surface area contributed by atoms with Gasteiger partial charge in [0, 0.05) is 10.2 Å². The monoisotopic (exact) mass is 411 g/mol. The van der Waals surface area contributed by atoms with E-state index in [0.29, 0.717) is 9.05 Å². The number of halogens is 2. The molecule has 3 rings (SSSR count). The highest BCUT2D eigenvalue weighted by atomic mass is 79.9. The van der Waals surface area contributed by atoms with E-state index in [1.54, 1.807) is 0 Å². The number of hydrogen-bond donors (Lipinski definition) is 1. The van der Waals surface area contributed by atoms with Crippen molar-refractivity contribution in [2.45, 2.75) is 11.0 Å². The largest absolute Gasteiger partial charge is 0.322 e. The molecule has 1 saturated heterocycles. The van der Waals surface area contributed by atoms with E-state index in [1.165, 1.54) is 41.7 Å². The SMILES string of the molecule is O=C(Nc1cccc(C2SCCCS2)c1)c1cc(F)ccc1Br. The fourth-order valence-electron chi connectivity index (χ4n) is 2.31. The second kappa shape index (κ2) is 7.73. The van der Waals surface area contributed by atoms with E-state index in [4.69, 9.17) is 0 Å². The molecule has 1 N–H and O–H groups in total. The van der Waals surface area contributed by atoms with Crippen LogP contribution in [0.15, 0.2) is 46.9 Å². The Morgan fingerprint density at radius 3 is 2.74 bits per heavy atom. The van der Waals surface area contributed by atoms with Crippen LogP contribution in [0.1, 0.15) is 26.9 Å². The molecule has 1 fully saturated rings. The van der Waals surface area contributed by atoms with Gasteiger partial charge in [-0.1, -0.05) is 12.1 Å². The number of amides is 1. The summed E-state index contributed by atoms with van der Waals surface area (Å²) in [4.78, 5) is 12.4. The van der Waals surface area contributed by atoms with Crippen LogP contribution in [0.4, 0.5) is 10.1 Å². The Morgan fingerprint density at radius 2 is 1.96 bits per heavy atom. The second-order valence-electron chi connectivity index (χ2n) is 5.13. The molecule has 0 atom stereocenters. The minimum Gasteiger partial charge on any atom is -0.322 e. The summed E-state index contributed by atoms with van der Waals surface area (Å²) in [5.74, 6) is 1.59. The maximum atomic E-state index is 13.3. The zero-order valence-electron chi connectivity index (χ0n) is 12.2. The predicted molar refractivity (Wildman–Crippen MR) is 101 cm³/mol. The van der Waals surface area contributed by atoms with E-state index < -0.39 is 5.82 Å². The van der Waals surface area contributed by atoms with Gasteiger partial charge in [-0.15, -0.1) is 23.5 Å². The zero-order chi connectivity index (χ0) is 16.2. The first-order valence-corrected chi connectivity index (χ1v) is 10.1. The molecule has 6 heteroatoms. The predicted octanol–water partition coefficient (Wildman–Crippen LogP) is 5.71. The molecule has 1 amide bonds. The summed E-state index contributed by atoms with van der Waals surface area (Å²) < 4.78 is 14.3. The van der Waals surface area contributed by atoms with Gasteiger partial charge in [0.05, 0.1) is 10.1 Å². The molecule has 0 radical (unpaired) electrons. The summed E-state index contributed by atoms with van der Waals surface area (Å²) in [6.45, 7) is 0. The average Bonchev–Trinajstić information content (AvgIpc) is 2.58. The number of nitrogens with one attached hydrogen (secondary N) is 1. The van der Waals surface area contributed by atoms with Gasteiger partial charge in [-0.05, 0) is 69.8 Å². The molecule has 2 nitrogen and oxygen atoms in total. The molecule has 2 aromatic rings. The Bertz CT molecular complexity index is 719. The fraction of sp³-hybridized carbons (Fsp3) is 0.235. The molecule has 0 unspecified atom stereocenters. The zero-order valence-corrected chi connectivity index (χ0v) is 15.4. The van der Waals surface area contributed by atoms with Crippen molar-refractivity contribution < 1.29 is 9.18 Å². The molecule has 23 heavy (non-hydrogen) atoms. The number of benzene rings is 2.